The molecule has 1 unspecified atom stereocenters. The van der Waals surface area contributed by atoms with Gasteiger partial charge >= 0.3 is 0 Å². The molecule has 3 heterocycles. The number of anilines is 1. The smallest absolute Gasteiger partial charge is 0.263 e. The third-order valence-corrected chi connectivity index (χ3v) is 9.11. The molecule has 194 valence electrons. The molecule has 1 atom stereocenters. The van der Waals surface area contributed by atoms with Gasteiger partial charge in [-0.05, 0) is 89.9 Å². The number of amides is 2. The molecule has 0 spiro atoms. The van der Waals surface area contributed by atoms with E-state index in [1.54, 1.807) is 6.07 Å². The Morgan fingerprint density at radius 2 is 1.87 bits per heavy atom. The number of nitrogens with one attached hydrogen (secondary N) is 2. The fraction of sp³-hybridized carbons (Fsp3) is 0.300. The van der Waals surface area contributed by atoms with E-state index in [2.05, 4.69) is 44.8 Å². The van der Waals surface area contributed by atoms with Crippen molar-refractivity contribution < 1.29 is 9.59 Å². The molecule has 2 aliphatic rings. The molecule has 2 N–H and O–H groups in total. The largest absolute Gasteiger partial charge is 0.371 e. The molecular formula is C30H29ClN4O2S. The summed E-state index contributed by atoms with van der Waals surface area (Å²) in [6.45, 7) is 2.63. The van der Waals surface area contributed by atoms with Gasteiger partial charge in [0.25, 0.3) is 11.8 Å². The lowest BCUT2D eigenvalue weighted by Crippen LogP contribution is -2.38. The topological polar surface area (TPSA) is 74.3 Å². The molecule has 6 rings (SSSR count). The van der Waals surface area contributed by atoms with E-state index in [-0.39, 0.29) is 17.9 Å². The molecular weight excluding hydrogens is 516 g/mol. The maximum Gasteiger partial charge on any atom is 0.263 e. The predicted octanol–water partition coefficient (Wildman–Crippen LogP) is 6.01. The number of rotatable bonds is 6. The summed E-state index contributed by atoms with van der Waals surface area (Å²) in [7, 11) is 0. The summed E-state index contributed by atoms with van der Waals surface area (Å²) in [5, 5.41) is 10.9. The second-order valence-electron chi connectivity index (χ2n) is 10.1. The number of carbonyl (C=O) groups is 2. The average molecular weight is 545 g/mol. The third-order valence-electron chi connectivity index (χ3n) is 7.77. The van der Waals surface area contributed by atoms with E-state index in [1.807, 2.05) is 36.0 Å². The summed E-state index contributed by atoms with van der Waals surface area (Å²) < 4.78 is 0. The number of aryl methyl sites for hydroxylation is 1. The first kappa shape index (κ1) is 24.9. The normalized spacial score (nSPS) is 17.4. The van der Waals surface area contributed by atoms with Gasteiger partial charge in [0.1, 0.15) is 4.88 Å². The second-order valence-corrected chi connectivity index (χ2v) is 11.4. The first-order valence-corrected chi connectivity index (χ1v) is 14.3. The summed E-state index contributed by atoms with van der Waals surface area (Å²) >= 11 is 7.47. The van der Waals surface area contributed by atoms with Crippen molar-refractivity contribution in [2.75, 3.05) is 24.5 Å². The Labute approximate surface area is 231 Å². The Balaban J connectivity index is 1.03. The van der Waals surface area contributed by atoms with Gasteiger partial charge in [0.05, 0.1) is 11.1 Å². The Bertz CT molecular complexity index is 1490. The fourth-order valence-corrected chi connectivity index (χ4v) is 6.62. The number of hydrogen-bond donors (Lipinski definition) is 2. The van der Waals surface area contributed by atoms with Crippen LogP contribution < -0.4 is 15.5 Å². The van der Waals surface area contributed by atoms with E-state index in [1.165, 1.54) is 28.0 Å². The zero-order valence-corrected chi connectivity index (χ0v) is 22.5. The van der Waals surface area contributed by atoms with Crippen LogP contribution in [0.25, 0.3) is 10.8 Å². The first-order chi connectivity index (χ1) is 18.5. The van der Waals surface area contributed by atoms with E-state index >= 15 is 0 Å². The van der Waals surface area contributed by atoms with Crippen molar-refractivity contribution in [1.29, 1.82) is 0 Å². The summed E-state index contributed by atoms with van der Waals surface area (Å²) in [5.74, 6) is 0.234. The van der Waals surface area contributed by atoms with Crippen LogP contribution in [0.1, 0.15) is 56.5 Å². The molecule has 2 aromatic heterocycles. The minimum atomic E-state index is -0.162. The number of fused-ring (bicyclic) bond motifs is 2. The van der Waals surface area contributed by atoms with Crippen molar-refractivity contribution in [3.8, 4) is 0 Å². The van der Waals surface area contributed by atoms with Gasteiger partial charge in [-0.2, -0.15) is 0 Å². The van der Waals surface area contributed by atoms with Crippen molar-refractivity contribution >= 4 is 51.2 Å². The zero-order chi connectivity index (χ0) is 26.1. The van der Waals surface area contributed by atoms with Crippen LogP contribution in [0.15, 0.2) is 66.3 Å². The van der Waals surface area contributed by atoms with Crippen LogP contribution in [0.4, 0.5) is 5.69 Å². The Hall–Kier alpha value is -3.42. The van der Waals surface area contributed by atoms with Crippen molar-refractivity contribution in [3.05, 3.63) is 92.9 Å². The number of halogens is 1. The van der Waals surface area contributed by atoms with Gasteiger partial charge < -0.3 is 15.5 Å². The summed E-state index contributed by atoms with van der Waals surface area (Å²) in [6, 6.07) is 16.1. The fourth-order valence-electron chi connectivity index (χ4n) is 5.57. The van der Waals surface area contributed by atoms with Gasteiger partial charge in [0, 0.05) is 48.7 Å². The van der Waals surface area contributed by atoms with Crippen molar-refractivity contribution in [1.82, 2.24) is 15.6 Å². The molecule has 6 nitrogen and oxygen atoms in total. The standard InChI is InChI=1S/C30H29ClN4O2S/c31-26-10-14-38-28(26)30(37)34-27-6-4-20-1-2-22(16-25(20)27)29(36)33-17-19-8-12-35(13-9-19)24-5-3-23-18-32-11-7-21(23)15-24/h1-3,5,7,10-11,14-16,18-19,27H,4,6,8-9,12-13,17H2,(H,33,36)(H,34,37). The molecule has 1 aliphatic heterocycles. The summed E-state index contributed by atoms with van der Waals surface area (Å²) in [4.78, 5) is 32.9. The molecule has 0 bridgehead atoms. The minimum absolute atomic E-state index is 0.0587. The number of hydrogen-bond acceptors (Lipinski definition) is 5. The Morgan fingerprint density at radius 3 is 2.68 bits per heavy atom. The molecule has 8 heteroatoms. The lowest BCUT2D eigenvalue weighted by atomic mass is 9.96. The molecule has 38 heavy (non-hydrogen) atoms. The maximum absolute atomic E-state index is 13.0. The highest BCUT2D eigenvalue weighted by atomic mass is 35.5. The van der Waals surface area contributed by atoms with E-state index in [0.29, 0.717) is 27.9 Å². The highest BCUT2D eigenvalue weighted by Crippen LogP contribution is 2.33. The average Bonchev–Trinajstić information content (AvgIpc) is 3.57. The van der Waals surface area contributed by atoms with Crippen molar-refractivity contribution in [2.24, 2.45) is 5.92 Å². The maximum atomic E-state index is 13.0. The lowest BCUT2D eigenvalue weighted by Gasteiger charge is -2.34. The Kier molecular flexibility index (Phi) is 7.04. The molecule has 1 fully saturated rings. The number of nitrogens with zero attached hydrogens (tertiary/aromatic N) is 2. The lowest BCUT2D eigenvalue weighted by molar-refractivity contribution is 0.0937. The Morgan fingerprint density at radius 1 is 1.00 bits per heavy atom. The van der Waals surface area contributed by atoms with Gasteiger partial charge in [-0.1, -0.05) is 23.7 Å². The van der Waals surface area contributed by atoms with Crippen LogP contribution in [0.5, 0.6) is 0 Å². The highest BCUT2D eigenvalue weighted by molar-refractivity contribution is 7.12. The molecule has 0 saturated carbocycles. The van der Waals surface area contributed by atoms with E-state index in [0.717, 1.165) is 49.7 Å². The summed E-state index contributed by atoms with van der Waals surface area (Å²) in [5.41, 5.74) is 4.09. The van der Waals surface area contributed by atoms with Crippen LogP contribution in [0.2, 0.25) is 5.02 Å². The quantitative estimate of drug-likeness (QED) is 0.311. The van der Waals surface area contributed by atoms with Crippen LogP contribution >= 0.6 is 22.9 Å². The third kappa shape index (κ3) is 5.13. The molecule has 4 aromatic rings. The number of carbonyl (C=O) groups excluding carboxylic acids is 2. The van der Waals surface area contributed by atoms with Gasteiger partial charge in [0.15, 0.2) is 0 Å². The first-order valence-electron chi connectivity index (χ1n) is 13.1. The molecule has 0 radical (unpaired) electrons. The highest BCUT2D eigenvalue weighted by Gasteiger charge is 2.27. The molecule has 2 amide bonds. The summed E-state index contributed by atoms with van der Waals surface area (Å²) in [6.07, 6.45) is 7.51. The SMILES string of the molecule is O=C(NCC1CCN(c2ccc3cnccc3c2)CC1)c1ccc2c(c1)C(NC(=O)c1sccc1Cl)CC2. The van der Waals surface area contributed by atoms with Gasteiger partial charge in [0.2, 0.25) is 0 Å². The van der Waals surface area contributed by atoms with Gasteiger partial charge in [-0.15, -0.1) is 11.3 Å². The van der Waals surface area contributed by atoms with Crippen LogP contribution in [-0.4, -0.2) is 36.4 Å². The number of benzene rings is 2. The minimum Gasteiger partial charge on any atom is -0.371 e. The van der Waals surface area contributed by atoms with E-state index in [9.17, 15) is 9.59 Å². The predicted molar refractivity (Wildman–Crippen MR) is 153 cm³/mol. The number of aromatic nitrogens is 1. The van der Waals surface area contributed by atoms with Crippen molar-refractivity contribution in [3.63, 3.8) is 0 Å². The molecule has 1 saturated heterocycles. The van der Waals surface area contributed by atoms with Gasteiger partial charge in [-0.3, -0.25) is 14.6 Å². The van der Waals surface area contributed by atoms with Gasteiger partial charge in [-0.25, -0.2) is 0 Å². The zero-order valence-electron chi connectivity index (χ0n) is 21.0. The van der Waals surface area contributed by atoms with E-state index in [4.69, 9.17) is 11.6 Å². The number of thiophene rings is 1. The monoisotopic (exact) mass is 544 g/mol. The van der Waals surface area contributed by atoms with Crippen LogP contribution in [0.3, 0.4) is 0 Å². The number of pyridine rings is 1. The van der Waals surface area contributed by atoms with Crippen molar-refractivity contribution in [2.45, 2.75) is 31.7 Å². The van der Waals surface area contributed by atoms with Crippen LogP contribution in [-0.2, 0) is 6.42 Å². The molecule has 1 aliphatic carbocycles. The second kappa shape index (κ2) is 10.8. The molecule has 2 aromatic carbocycles. The van der Waals surface area contributed by atoms with E-state index < -0.39 is 0 Å². The van der Waals surface area contributed by atoms with Crippen LogP contribution in [0, 0.1) is 5.92 Å². The number of piperidine rings is 1.